The Morgan fingerprint density at radius 2 is 1.71 bits per heavy atom. The number of hydrogen-bond donors (Lipinski definition) is 2. The summed E-state index contributed by atoms with van der Waals surface area (Å²) in [7, 11) is 0.280. The van der Waals surface area contributed by atoms with Crippen molar-refractivity contribution in [2.24, 2.45) is 4.99 Å². The molecule has 216 valence electrons. The maximum atomic E-state index is 13.2. The molecular formula is C30H33ClN4O5S. The van der Waals surface area contributed by atoms with Crippen LogP contribution in [0.2, 0.25) is 5.02 Å². The van der Waals surface area contributed by atoms with Crippen molar-refractivity contribution in [2.45, 2.75) is 25.7 Å². The Balaban J connectivity index is 1.76. The summed E-state index contributed by atoms with van der Waals surface area (Å²) in [5.41, 5.74) is 4.16. The van der Waals surface area contributed by atoms with E-state index in [9.17, 15) is 18.0 Å². The molecule has 0 fully saturated rings. The molecule has 1 aliphatic rings. The third-order valence-electron chi connectivity index (χ3n) is 6.66. The van der Waals surface area contributed by atoms with Crippen LogP contribution in [-0.4, -0.2) is 69.0 Å². The van der Waals surface area contributed by atoms with Crippen molar-refractivity contribution in [2.75, 3.05) is 42.6 Å². The number of nitrogens with zero attached hydrogens (tertiary/aromatic N) is 3. The fraction of sp³-hybridized carbons (Fsp3) is 0.300. The highest BCUT2D eigenvalue weighted by Crippen LogP contribution is 2.38. The van der Waals surface area contributed by atoms with Crippen LogP contribution in [0.1, 0.15) is 36.0 Å². The van der Waals surface area contributed by atoms with Gasteiger partial charge in [-0.15, -0.1) is 0 Å². The van der Waals surface area contributed by atoms with Gasteiger partial charge in [-0.3, -0.25) is 18.9 Å². The number of benzene rings is 3. The zero-order valence-corrected chi connectivity index (χ0v) is 24.7. The van der Waals surface area contributed by atoms with Crippen LogP contribution < -0.4 is 9.62 Å². The third-order valence-corrected chi connectivity index (χ3v) is 8.88. The smallest absolute Gasteiger partial charge is 0.307 e. The third kappa shape index (κ3) is 7.32. The molecule has 1 heterocycles. The van der Waals surface area contributed by atoms with Gasteiger partial charge in [-0.1, -0.05) is 48.9 Å². The SMILES string of the molecule is CCCS(=O)(=O)N(CCN(C)C)c1ccc(N=C(c2ccc(CC(=O)O)cc2)C2C(=O)Nc3cc(Cl)ccc32)cc1. The van der Waals surface area contributed by atoms with E-state index in [1.54, 1.807) is 66.7 Å². The minimum Gasteiger partial charge on any atom is -0.481 e. The van der Waals surface area contributed by atoms with Gasteiger partial charge in [0.15, 0.2) is 0 Å². The lowest BCUT2D eigenvalue weighted by atomic mass is 9.90. The molecule has 3 aromatic rings. The second-order valence-corrected chi connectivity index (χ2v) is 12.6. The van der Waals surface area contributed by atoms with Crippen molar-refractivity contribution >= 4 is 56.3 Å². The average molecular weight is 597 g/mol. The number of amides is 1. The van der Waals surface area contributed by atoms with Gasteiger partial charge in [-0.2, -0.15) is 0 Å². The number of carbonyl (C=O) groups excluding carboxylic acids is 1. The van der Waals surface area contributed by atoms with E-state index in [2.05, 4.69) is 5.32 Å². The van der Waals surface area contributed by atoms with Gasteiger partial charge in [0.25, 0.3) is 0 Å². The number of anilines is 2. The number of aliphatic carboxylic acids is 1. The Kier molecular flexibility index (Phi) is 9.47. The Morgan fingerprint density at radius 1 is 1.02 bits per heavy atom. The van der Waals surface area contributed by atoms with Gasteiger partial charge in [0.2, 0.25) is 15.9 Å². The van der Waals surface area contributed by atoms with Crippen molar-refractivity contribution in [3.63, 3.8) is 0 Å². The van der Waals surface area contributed by atoms with Crippen LogP contribution in [0.25, 0.3) is 0 Å². The van der Waals surface area contributed by atoms with Crippen molar-refractivity contribution < 1.29 is 23.1 Å². The van der Waals surface area contributed by atoms with Crippen LogP contribution in [0.4, 0.5) is 17.1 Å². The van der Waals surface area contributed by atoms with Crippen molar-refractivity contribution in [3.8, 4) is 0 Å². The van der Waals surface area contributed by atoms with E-state index >= 15 is 0 Å². The van der Waals surface area contributed by atoms with E-state index < -0.39 is 21.9 Å². The van der Waals surface area contributed by atoms with Crippen LogP contribution in [0.5, 0.6) is 0 Å². The highest BCUT2D eigenvalue weighted by molar-refractivity contribution is 7.92. The minimum absolute atomic E-state index is 0.0442. The number of sulfonamides is 1. The molecular weight excluding hydrogens is 564 g/mol. The molecule has 3 aromatic carbocycles. The van der Waals surface area contributed by atoms with Crippen LogP contribution >= 0.6 is 11.6 Å². The molecule has 1 unspecified atom stereocenters. The minimum atomic E-state index is -3.50. The number of rotatable bonds is 12. The number of carboxylic acid groups (broad SMARTS) is 1. The molecule has 0 saturated heterocycles. The maximum absolute atomic E-state index is 13.2. The summed E-state index contributed by atoms with van der Waals surface area (Å²) in [6, 6.07) is 19.0. The molecule has 0 radical (unpaired) electrons. The first kappa shape index (κ1) is 30.2. The van der Waals surface area contributed by atoms with E-state index in [-0.39, 0.29) is 18.1 Å². The summed E-state index contributed by atoms with van der Waals surface area (Å²) in [5.74, 6) is -1.88. The first-order chi connectivity index (χ1) is 19.5. The number of likely N-dealkylation sites (N-methyl/N-ethyl adjacent to an activating group) is 1. The lowest BCUT2D eigenvalue weighted by Crippen LogP contribution is -2.38. The van der Waals surface area contributed by atoms with Crippen molar-refractivity contribution in [3.05, 3.63) is 88.4 Å². The molecule has 0 aromatic heterocycles. The van der Waals surface area contributed by atoms with Crippen molar-refractivity contribution in [1.29, 1.82) is 0 Å². The predicted octanol–water partition coefficient (Wildman–Crippen LogP) is 4.93. The summed E-state index contributed by atoms with van der Waals surface area (Å²) in [6.07, 6.45) is 0.388. The first-order valence-corrected chi connectivity index (χ1v) is 15.2. The Labute approximate surface area is 245 Å². The van der Waals surface area contributed by atoms with Crippen LogP contribution in [-0.2, 0) is 26.0 Å². The summed E-state index contributed by atoms with van der Waals surface area (Å²) in [5, 5.41) is 12.5. The van der Waals surface area contributed by atoms with Crippen molar-refractivity contribution in [1.82, 2.24) is 4.90 Å². The molecule has 2 N–H and O–H groups in total. The monoisotopic (exact) mass is 596 g/mol. The largest absolute Gasteiger partial charge is 0.481 e. The van der Waals surface area contributed by atoms with Crippen LogP contribution in [0.15, 0.2) is 71.7 Å². The van der Waals surface area contributed by atoms with Crippen LogP contribution in [0, 0.1) is 0 Å². The number of nitrogens with one attached hydrogen (secondary N) is 1. The summed E-state index contributed by atoms with van der Waals surface area (Å²) in [4.78, 5) is 31.2. The lowest BCUT2D eigenvalue weighted by molar-refractivity contribution is -0.136. The Morgan fingerprint density at radius 3 is 2.32 bits per heavy atom. The average Bonchev–Trinajstić information content (AvgIpc) is 3.22. The lowest BCUT2D eigenvalue weighted by Gasteiger charge is -2.26. The molecule has 9 nitrogen and oxygen atoms in total. The number of carboxylic acids is 1. The first-order valence-electron chi connectivity index (χ1n) is 13.2. The van der Waals surface area contributed by atoms with Gasteiger partial charge < -0.3 is 15.3 Å². The zero-order valence-electron chi connectivity index (χ0n) is 23.2. The van der Waals surface area contributed by atoms with Gasteiger partial charge in [-0.05, 0) is 73.6 Å². The number of carbonyl (C=O) groups is 2. The van der Waals surface area contributed by atoms with Gasteiger partial charge in [0, 0.05) is 23.8 Å². The van der Waals surface area contributed by atoms with Gasteiger partial charge in [-0.25, -0.2) is 8.42 Å². The normalized spacial score (nSPS) is 15.1. The standard InChI is InChI=1S/C30H33ClN4O5S/c1-4-17-41(39,40)35(16-15-34(2)3)24-12-10-23(11-13-24)32-29(21-7-5-20(6-8-21)18-27(36)37)28-25-14-9-22(31)19-26(25)33-30(28)38/h5-14,19,28H,4,15-18H2,1-3H3,(H,33,38)(H,36,37). The second-order valence-electron chi connectivity index (χ2n) is 10.1. The van der Waals surface area contributed by atoms with Crippen LogP contribution in [0.3, 0.4) is 0 Å². The topological polar surface area (TPSA) is 119 Å². The van der Waals surface area contributed by atoms with Gasteiger partial charge in [0.05, 0.1) is 29.3 Å². The molecule has 1 aliphatic heterocycles. The summed E-state index contributed by atoms with van der Waals surface area (Å²) < 4.78 is 27.5. The van der Waals surface area contributed by atoms with E-state index in [1.807, 2.05) is 25.9 Å². The molecule has 0 aliphatic carbocycles. The molecule has 0 saturated carbocycles. The Bertz CT molecular complexity index is 1550. The molecule has 0 bridgehead atoms. The molecule has 11 heteroatoms. The summed E-state index contributed by atoms with van der Waals surface area (Å²) in [6.45, 7) is 2.71. The Hall–Kier alpha value is -3.73. The molecule has 0 spiro atoms. The quantitative estimate of drug-likeness (QED) is 0.286. The van der Waals surface area contributed by atoms with E-state index in [1.165, 1.54) is 4.31 Å². The van der Waals surface area contributed by atoms with Gasteiger partial charge in [0.1, 0.15) is 5.92 Å². The molecule has 4 rings (SSSR count). The van der Waals surface area contributed by atoms with E-state index in [4.69, 9.17) is 21.7 Å². The highest BCUT2D eigenvalue weighted by Gasteiger charge is 2.35. The maximum Gasteiger partial charge on any atom is 0.307 e. The highest BCUT2D eigenvalue weighted by atomic mass is 35.5. The molecule has 41 heavy (non-hydrogen) atoms. The number of halogens is 1. The molecule has 1 amide bonds. The fourth-order valence-electron chi connectivity index (χ4n) is 4.69. The van der Waals surface area contributed by atoms with E-state index in [0.717, 1.165) is 5.56 Å². The second kappa shape index (κ2) is 12.8. The number of hydrogen-bond acceptors (Lipinski definition) is 6. The number of fused-ring (bicyclic) bond motifs is 1. The van der Waals surface area contributed by atoms with Gasteiger partial charge >= 0.3 is 5.97 Å². The predicted molar refractivity (Wildman–Crippen MR) is 163 cm³/mol. The summed E-state index contributed by atoms with van der Waals surface area (Å²) >= 11 is 6.16. The van der Waals surface area contributed by atoms with E-state index in [0.29, 0.717) is 58.4 Å². The fourth-order valence-corrected chi connectivity index (χ4v) is 6.40. The molecule has 1 atom stereocenters. The number of aliphatic imine (C=N–C) groups is 1. The zero-order chi connectivity index (χ0) is 29.7.